The van der Waals surface area contributed by atoms with Crippen molar-refractivity contribution in [2.45, 2.75) is 38.3 Å². The van der Waals surface area contributed by atoms with Gasteiger partial charge in [-0.15, -0.1) is 0 Å². The maximum atomic E-state index is 12.9. The standard InChI is InChI=1S/C18H28ClN3O4S/c1-5-16(18(23)20-13-8-10-21(2)11-9-13)22(27(4,24)25)14-6-7-17(26-3)15(19)12-14/h6-7,12-13,16H,5,8-11H2,1-4H3,(H,20,23)/t16-/m0/s1. The molecule has 0 aliphatic carbocycles. The molecular weight excluding hydrogens is 390 g/mol. The first-order chi connectivity index (χ1) is 12.7. The number of rotatable bonds is 7. The van der Waals surface area contributed by atoms with Crippen molar-refractivity contribution < 1.29 is 17.9 Å². The van der Waals surface area contributed by atoms with E-state index in [1.54, 1.807) is 19.1 Å². The molecule has 1 N–H and O–H groups in total. The van der Waals surface area contributed by atoms with Crippen molar-refractivity contribution in [1.29, 1.82) is 0 Å². The van der Waals surface area contributed by atoms with E-state index in [4.69, 9.17) is 16.3 Å². The van der Waals surface area contributed by atoms with Gasteiger partial charge in [0.25, 0.3) is 0 Å². The number of benzene rings is 1. The second kappa shape index (κ2) is 9.12. The number of nitrogens with zero attached hydrogens (tertiary/aromatic N) is 2. The predicted octanol–water partition coefficient (Wildman–Crippen LogP) is 2.10. The van der Waals surface area contributed by atoms with Gasteiger partial charge in [-0.05, 0) is 57.6 Å². The maximum absolute atomic E-state index is 12.9. The lowest BCUT2D eigenvalue weighted by atomic mass is 10.0. The molecule has 2 rings (SSSR count). The van der Waals surface area contributed by atoms with Gasteiger partial charge >= 0.3 is 0 Å². The van der Waals surface area contributed by atoms with E-state index in [9.17, 15) is 13.2 Å². The molecule has 0 radical (unpaired) electrons. The molecule has 152 valence electrons. The molecule has 9 heteroatoms. The van der Waals surface area contributed by atoms with E-state index in [1.807, 2.05) is 7.05 Å². The molecule has 0 saturated carbocycles. The molecule has 1 heterocycles. The lowest BCUT2D eigenvalue weighted by molar-refractivity contribution is -0.123. The quantitative estimate of drug-likeness (QED) is 0.735. The van der Waals surface area contributed by atoms with Crippen LogP contribution in [0.15, 0.2) is 18.2 Å². The highest BCUT2D eigenvalue weighted by atomic mass is 35.5. The van der Waals surface area contributed by atoms with E-state index < -0.39 is 16.1 Å². The highest BCUT2D eigenvalue weighted by Crippen LogP contribution is 2.31. The summed E-state index contributed by atoms with van der Waals surface area (Å²) in [6, 6.07) is 3.91. The highest BCUT2D eigenvalue weighted by Gasteiger charge is 2.33. The zero-order chi connectivity index (χ0) is 20.2. The average molecular weight is 418 g/mol. The summed E-state index contributed by atoms with van der Waals surface area (Å²) >= 11 is 6.17. The van der Waals surface area contributed by atoms with Crippen molar-refractivity contribution in [3.63, 3.8) is 0 Å². The minimum Gasteiger partial charge on any atom is -0.495 e. The molecule has 0 unspecified atom stereocenters. The van der Waals surface area contributed by atoms with Crippen molar-refractivity contribution in [3.8, 4) is 5.75 Å². The number of carbonyl (C=O) groups is 1. The van der Waals surface area contributed by atoms with Crippen molar-refractivity contribution in [1.82, 2.24) is 10.2 Å². The zero-order valence-electron chi connectivity index (χ0n) is 16.2. The van der Waals surface area contributed by atoms with Crippen molar-refractivity contribution >= 4 is 33.2 Å². The lowest BCUT2D eigenvalue weighted by Crippen LogP contribution is -2.53. The lowest BCUT2D eigenvalue weighted by Gasteiger charge is -2.34. The van der Waals surface area contributed by atoms with Gasteiger partial charge in [0.1, 0.15) is 11.8 Å². The third kappa shape index (κ3) is 5.49. The fourth-order valence-electron chi connectivity index (χ4n) is 3.30. The predicted molar refractivity (Wildman–Crippen MR) is 108 cm³/mol. The molecule has 1 aromatic rings. The van der Waals surface area contributed by atoms with Crippen LogP contribution in [0.1, 0.15) is 26.2 Å². The van der Waals surface area contributed by atoms with Gasteiger partial charge in [-0.1, -0.05) is 18.5 Å². The van der Waals surface area contributed by atoms with E-state index >= 15 is 0 Å². The van der Waals surface area contributed by atoms with Gasteiger partial charge in [-0.2, -0.15) is 0 Å². The summed E-state index contributed by atoms with van der Waals surface area (Å²) in [5.74, 6) is 0.155. The van der Waals surface area contributed by atoms with Crippen LogP contribution in [0.2, 0.25) is 5.02 Å². The summed E-state index contributed by atoms with van der Waals surface area (Å²) in [6.07, 6.45) is 3.14. The number of hydrogen-bond acceptors (Lipinski definition) is 5. The van der Waals surface area contributed by atoms with Crippen LogP contribution in [-0.2, 0) is 14.8 Å². The second-order valence-electron chi connectivity index (χ2n) is 6.89. The Morgan fingerprint density at radius 1 is 1.41 bits per heavy atom. The number of piperidine rings is 1. The number of sulfonamides is 1. The number of likely N-dealkylation sites (tertiary alicyclic amines) is 1. The number of halogens is 1. The summed E-state index contributed by atoms with van der Waals surface area (Å²) < 4.78 is 31.3. The molecule has 0 bridgehead atoms. The van der Waals surface area contributed by atoms with Crippen LogP contribution in [0.4, 0.5) is 5.69 Å². The van der Waals surface area contributed by atoms with Crippen LogP contribution in [0.3, 0.4) is 0 Å². The summed E-state index contributed by atoms with van der Waals surface area (Å²) in [5, 5.41) is 3.31. The number of amides is 1. The van der Waals surface area contributed by atoms with Gasteiger partial charge in [-0.25, -0.2) is 8.42 Å². The van der Waals surface area contributed by atoms with E-state index in [1.165, 1.54) is 13.2 Å². The Bertz CT molecular complexity index is 764. The summed E-state index contributed by atoms with van der Waals surface area (Å²) in [6.45, 7) is 3.61. The van der Waals surface area contributed by atoms with Crippen LogP contribution >= 0.6 is 11.6 Å². The van der Waals surface area contributed by atoms with Crippen LogP contribution < -0.4 is 14.4 Å². The van der Waals surface area contributed by atoms with Gasteiger partial charge in [0.2, 0.25) is 15.9 Å². The minimum absolute atomic E-state index is 0.0589. The van der Waals surface area contributed by atoms with E-state index in [-0.39, 0.29) is 17.0 Å². The Morgan fingerprint density at radius 2 is 2.04 bits per heavy atom. The fraction of sp³-hybridized carbons (Fsp3) is 0.611. The number of carbonyl (C=O) groups excluding carboxylic acids is 1. The van der Waals surface area contributed by atoms with Crippen LogP contribution in [0, 0.1) is 0 Å². The smallest absolute Gasteiger partial charge is 0.244 e. The fourth-order valence-corrected chi connectivity index (χ4v) is 4.76. The normalized spacial score (nSPS) is 17.4. The molecule has 7 nitrogen and oxygen atoms in total. The van der Waals surface area contributed by atoms with E-state index in [0.29, 0.717) is 17.9 Å². The first-order valence-corrected chi connectivity index (χ1v) is 11.2. The third-order valence-electron chi connectivity index (χ3n) is 4.78. The summed E-state index contributed by atoms with van der Waals surface area (Å²) in [4.78, 5) is 15.1. The number of hydrogen-bond donors (Lipinski definition) is 1. The van der Waals surface area contributed by atoms with Gasteiger partial charge in [-0.3, -0.25) is 9.10 Å². The van der Waals surface area contributed by atoms with Crippen molar-refractivity contribution in [2.24, 2.45) is 0 Å². The monoisotopic (exact) mass is 417 g/mol. The Balaban J connectivity index is 2.27. The van der Waals surface area contributed by atoms with E-state index in [2.05, 4.69) is 10.2 Å². The topological polar surface area (TPSA) is 79.0 Å². The Morgan fingerprint density at radius 3 is 2.52 bits per heavy atom. The number of anilines is 1. The molecule has 1 aromatic carbocycles. The number of ether oxygens (including phenoxy) is 1. The Kier molecular flexibility index (Phi) is 7.36. The molecule has 0 aromatic heterocycles. The molecular formula is C18H28ClN3O4S. The third-order valence-corrected chi connectivity index (χ3v) is 6.26. The Hall–Kier alpha value is -1.51. The molecule has 1 amide bonds. The summed E-state index contributed by atoms with van der Waals surface area (Å²) in [7, 11) is -0.163. The summed E-state index contributed by atoms with van der Waals surface area (Å²) in [5.41, 5.74) is 0.341. The number of nitrogens with one attached hydrogen (secondary N) is 1. The van der Waals surface area contributed by atoms with Crippen molar-refractivity contribution in [2.75, 3.05) is 37.8 Å². The second-order valence-corrected chi connectivity index (χ2v) is 9.15. The van der Waals surface area contributed by atoms with Gasteiger partial charge in [0, 0.05) is 6.04 Å². The van der Waals surface area contributed by atoms with Crippen molar-refractivity contribution in [3.05, 3.63) is 23.2 Å². The SMILES string of the molecule is CC[C@@H](C(=O)NC1CCN(C)CC1)N(c1ccc(OC)c(Cl)c1)S(C)(=O)=O. The largest absolute Gasteiger partial charge is 0.495 e. The molecule has 1 atom stereocenters. The first kappa shape index (κ1) is 21.8. The minimum atomic E-state index is -3.70. The average Bonchev–Trinajstić information content (AvgIpc) is 2.60. The zero-order valence-corrected chi connectivity index (χ0v) is 17.8. The van der Waals surface area contributed by atoms with Crippen LogP contribution in [0.25, 0.3) is 0 Å². The Labute approximate surface area is 166 Å². The molecule has 1 saturated heterocycles. The molecule has 0 spiro atoms. The van der Waals surface area contributed by atoms with Gasteiger partial charge in [0.05, 0.1) is 24.1 Å². The number of methoxy groups -OCH3 is 1. The van der Waals surface area contributed by atoms with Crippen LogP contribution in [-0.4, -0.2) is 64.8 Å². The molecule has 27 heavy (non-hydrogen) atoms. The van der Waals surface area contributed by atoms with Crippen LogP contribution in [0.5, 0.6) is 5.75 Å². The molecule has 1 aliphatic heterocycles. The molecule has 1 fully saturated rings. The molecule has 1 aliphatic rings. The van der Waals surface area contributed by atoms with Gasteiger partial charge in [0.15, 0.2) is 0 Å². The van der Waals surface area contributed by atoms with E-state index in [0.717, 1.165) is 36.5 Å². The van der Waals surface area contributed by atoms with Gasteiger partial charge < -0.3 is 15.0 Å². The highest BCUT2D eigenvalue weighted by molar-refractivity contribution is 7.92. The maximum Gasteiger partial charge on any atom is 0.244 e. The first-order valence-electron chi connectivity index (χ1n) is 8.99.